The number of carbonyl (C=O) groups excluding carboxylic acids is 1. The van der Waals surface area contributed by atoms with E-state index in [0.717, 1.165) is 24.5 Å². The van der Waals surface area contributed by atoms with Crippen LogP contribution in [0, 0.1) is 0 Å². The fraction of sp³-hybridized carbons (Fsp3) is 0.500. The van der Waals surface area contributed by atoms with E-state index in [1.165, 1.54) is 7.11 Å². The zero-order chi connectivity index (χ0) is 13.2. The van der Waals surface area contributed by atoms with Crippen molar-refractivity contribution < 1.29 is 14.6 Å². The number of carbonyl (C=O) groups is 1. The molecule has 0 aromatic carbocycles. The summed E-state index contributed by atoms with van der Waals surface area (Å²) in [6.07, 6.45) is 2.44. The van der Waals surface area contributed by atoms with Crippen LogP contribution in [0.5, 0.6) is 0 Å². The number of ether oxygens (including phenoxy) is 1. The number of anilines is 1. The maximum Gasteiger partial charge on any atom is 0.341 e. The predicted octanol–water partition coefficient (Wildman–Crippen LogP) is 1.40. The third kappa shape index (κ3) is 4.93. The molecule has 100 valence electrons. The largest absolute Gasteiger partial charge is 0.465 e. The molecular formula is C12H18N2O3S. The maximum atomic E-state index is 11.5. The Morgan fingerprint density at radius 1 is 1.56 bits per heavy atom. The van der Waals surface area contributed by atoms with Crippen molar-refractivity contribution in [3.05, 3.63) is 23.9 Å². The van der Waals surface area contributed by atoms with E-state index in [-0.39, 0.29) is 6.61 Å². The summed E-state index contributed by atoms with van der Waals surface area (Å²) in [6.45, 7) is 0.949. The quantitative estimate of drug-likeness (QED) is 0.549. The van der Waals surface area contributed by atoms with Crippen LogP contribution in [0.4, 0.5) is 5.82 Å². The van der Waals surface area contributed by atoms with Gasteiger partial charge in [0.25, 0.3) is 0 Å². The van der Waals surface area contributed by atoms with Crippen LogP contribution in [0.3, 0.4) is 0 Å². The van der Waals surface area contributed by atoms with Crippen LogP contribution in [0.25, 0.3) is 0 Å². The number of hydrogen-bond donors (Lipinski definition) is 2. The van der Waals surface area contributed by atoms with Gasteiger partial charge in [-0.2, -0.15) is 11.8 Å². The molecule has 0 radical (unpaired) electrons. The summed E-state index contributed by atoms with van der Waals surface area (Å²) in [4.78, 5) is 15.6. The Morgan fingerprint density at radius 3 is 3.11 bits per heavy atom. The Labute approximate surface area is 111 Å². The average Bonchev–Trinajstić information content (AvgIpc) is 2.42. The van der Waals surface area contributed by atoms with E-state index in [0.29, 0.717) is 11.4 Å². The number of nitrogens with one attached hydrogen (secondary N) is 1. The molecule has 0 atom stereocenters. The van der Waals surface area contributed by atoms with Crippen molar-refractivity contribution in [1.29, 1.82) is 0 Å². The van der Waals surface area contributed by atoms with Crippen LogP contribution in [0.2, 0.25) is 0 Å². The fourth-order valence-electron chi connectivity index (χ4n) is 1.33. The second-order valence-electron chi connectivity index (χ2n) is 3.51. The zero-order valence-electron chi connectivity index (χ0n) is 10.4. The number of aliphatic hydroxyl groups is 1. The first-order valence-electron chi connectivity index (χ1n) is 5.75. The number of aromatic nitrogens is 1. The van der Waals surface area contributed by atoms with E-state index >= 15 is 0 Å². The van der Waals surface area contributed by atoms with Gasteiger partial charge in [-0.05, 0) is 24.3 Å². The Bertz CT molecular complexity index is 374. The lowest BCUT2D eigenvalue weighted by Gasteiger charge is -2.09. The highest BCUT2D eigenvalue weighted by Gasteiger charge is 2.11. The number of rotatable bonds is 8. The molecule has 1 rings (SSSR count). The molecule has 0 bridgehead atoms. The lowest BCUT2D eigenvalue weighted by Crippen LogP contribution is -2.12. The summed E-state index contributed by atoms with van der Waals surface area (Å²) in [7, 11) is 1.35. The summed E-state index contributed by atoms with van der Waals surface area (Å²) < 4.78 is 4.68. The van der Waals surface area contributed by atoms with E-state index in [1.807, 2.05) is 0 Å². The molecule has 0 saturated heterocycles. The SMILES string of the molecule is COC(=O)c1cccnc1NCCSCCCO. The van der Waals surface area contributed by atoms with E-state index in [2.05, 4.69) is 15.0 Å². The Hall–Kier alpha value is -1.27. The minimum atomic E-state index is -0.390. The van der Waals surface area contributed by atoms with Gasteiger partial charge in [0.1, 0.15) is 11.4 Å². The number of aliphatic hydroxyl groups excluding tert-OH is 1. The highest BCUT2D eigenvalue weighted by atomic mass is 32.2. The lowest BCUT2D eigenvalue weighted by atomic mass is 10.2. The minimum Gasteiger partial charge on any atom is -0.465 e. The first kappa shape index (κ1) is 14.8. The van der Waals surface area contributed by atoms with Crippen molar-refractivity contribution in [2.45, 2.75) is 6.42 Å². The highest BCUT2D eigenvalue weighted by molar-refractivity contribution is 7.99. The molecule has 0 saturated carbocycles. The van der Waals surface area contributed by atoms with Gasteiger partial charge in [-0.1, -0.05) is 0 Å². The average molecular weight is 270 g/mol. The van der Waals surface area contributed by atoms with Crippen molar-refractivity contribution >= 4 is 23.5 Å². The number of thioether (sulfide) groups is 1. The van der Waals surface area contributed by atoms with Gasteiger partial charge in [0.2, 0.25) is 0 Å². The number of esters is 1. The van der Waals surface area contributed by atoms with Crippen LogP contribution in [0.15, 0.2) is 18.3 Å². The molecule has 0 aliphatic rings. The van der Waals surface area contributed by atoms with Gasteiger partial charge in [-0.15, -0.1) is 0 Å². The fourth-order valence-corrected chi connectivity index (χ4v) is 2.11. The Balaban J connectivity index is 2.39. The lowest BCUT2D eigenvalue weighted by molar-refractivity contribution is 0.0601. The zero-order valence-corrected chi connectivity index (χ0v) is 11.2. The van der Waals surface area contributed by atoms with Crippen LogP contribution in [-0.4, -0.2) is 47.8 Å². The molecular weight excluding hydrogens is 252 g/mol. The third-order valence-electron chi connectivity index (χ3n) is 2.20. The molecule has 1 aromatic heterocycles. The first-order valence-corrected chi connectivity index (χ1v) is 6.91. The standard InChI is InChI=1S/C12H18N2O3S/c1-17-12(16)10-4-2-5-13-11(10)14-6-9-18-8-3-7-15/h2,4-5,15H,3,6-9H2,1H3,(H,13,14). The molecule has 1 heterocycles. The number of pyridine rings is 1. The van der Waals surface area contributed by atoms with Gasteiger partial charge in [0.05, 0.1) is 7.11 Å². The second kappa shape index (κ2) is 8.77. The second-order valence-corrected chi connectivity index (χ2v) is 4.73. The van der Waals surface area contributed by atoms with E-state index in [1.54, 1.807) is 30.1 Å². The predicted molar refractivity (Wildman–Crippen MR) is 73.1 cm³/mol. The van der Waals surface area contributed by atoms with Gasteiger partial charge in [-0.25, -0.2) is 9.78 Å². The molecule has 0 spiro atoms. The van der Waals surface area contributed by atoms with Crippen LogP contribution >= 0.6 is 11.8 Å². The molecule has 2 N–H and O–H groups in total. The Kier molecular flexibility index (Phi) is 7.20. The molecule has 1 aromatic rings. The topological polar surface area (TPSA) is 71.5 Å². The van der Waals surface area contributed by atoms with Crippen molar-refractivity contribution in [3.8, 4) is 0 Å². The molecule has 0 aliphatic carbocycles. The van der Waals surface area contributed by atoms with Gasteiger partial charge in [-0.3, -0.25) is 0 Å². The van der Waals surface area contributed by atoms with Gasteiger partial charge < -0.3 is 15.2 Å². The van der Waals surface area contributed by atoms with Crippen molar-refractivity contribution in [1.82, 2.24) is 4.98 Å². The summed E-state index contributed by atoms with van der Waals surface area (Å²) in [5.74, 6) is 1.99. The summed E-state index contributed by atoms with van der Waals surface area (Å²) in [5, 5.41) is 11.7. The maximum absolute atomic E-state index is 11.5. The molecule has 0 aliphatic heterocycles. The van der Waals surface area contributed by atoms with E-state index < -0.39 is 5.97 Å². The summed E-state index contributed by atoms with van der Waals surface area (Å²) in [6, 6.07) is 3.38. The first-order chi connectivity index (χ1) is 8.79. The van der Waals surface area contributed by atoms with Crippen molar-refractivity contribution in [3.63, 3.8) is 0 Å². The monoisotopic (exact) mass is 270 g/mol. The van der Waals surface area contributed by atoms with Gasteiger partial charge >= 0.3 is 5.97 Å². The van der Waals surface area contributed by atoms with Gasteiger partial charge in [0, 0.05) is 25.1 Å². The molecule has 0 amide bonds. The smallest absolute Gasteiger partial charge is 0.341 e. The molecule has 0 fully saturated rings. The summed E-state index contributed by atoms with van der Waals surface area (Å²) >= 11 is 1.75. The minimum absolute atomic E-state index is 0.229. The van der Waals surface area contributed by atoms with Crippen molar-refractivity contribution in [2.24, 2.45) is 0 Å². The van der Waals surface area contributed by atoms with Crippen molar-refractivity contribution in [2.75, 3.05) is 37.1 Å². The van der Waals surface area contributed by atoms with E-state index in [4.69, 9.17) is 5.11 Å². The Morgan fingerprint density at radius 2 is 2.39 bits per heavy atom. The molecule has 6 heteroatoms. The highest BCUT2D eigenvalue weighted by Crippen LogP contribution is 2.12. The molecule has 0 unspecified atom stereocenters. The molecule has 5 nitrogen and oxygen atoms in total. The van der Waals surface area contributed by atoms with Gasteiger partial charge in [0.15, 0.2) is 0 Å². The number of methoxy groups -OCH3 is 1. The van der Waals surface area contributed by atoms with Crippen LogP contribution in [-0.2, 0) is 4.74 Å². The molecule has 18 heavy (non-hydrogen) atoms. The van der Waals surface area contributed by atoms with Crippen LogP contribution in [0.1, 0.15) is 16.8 Å². The van der Waals surface area contributed by atoms with Crippen LogP contribution < -0.4 is 5.32 Å². The normalized spacial score (nSPS) is 10.1. The summed E-state index contributed by atoms with van der Waals surface area (Å²) in [5.41, 5.74) is 0.445. The van der Waals surface area contributed by atoms with E-state index in [9.17, 15) is 4.79 Å². The number of hydrogen-bond acceptors (Lipinski definition) is 6. The third-order valence-corrected chi connectivity index (χ3v) is 3.27. The number of nitrogens with zero attached hydrogens (tertiary/aromatic N) is 1.